The molecule has 2 rings (SSSR count). The summed E-state index contributed by atoms with van der Waals surface area (Å²) in [6.07, 6.45) is 1.64. The molecule has 1 aliphatic heterocycles. The third kappa shape index (κ3) is 3.54. The fourth-order valence-corrected chi connectivity index (χ4v) is 2.66. The Morgan fingerprint density at radius 2 is 2.00 bits per heavy atom. The number of amides is 1. The predicted octanol–water partition coefficient (Wildman–Crippen LogP) is 1.95. The normalized spacial score (nSPS) is 21.9. The Kier molecular flexibility index (Phi) is 4.50. The van der Waals surface area contributed by atoms with Crippen LogP contribution in [0.4, 0.5) is 0 Å². The van der Waals surface area contributed by atoms with Crippen LogP contribution in [0.2, 0.25) is 0 Å². The van der Waals surface area contributed by atoms with E-state index in [9.17, 15) is 14.7 Å². The number of ether oxygens (including phenoxy) is 1. The Morgan fingerprint density at radius 3 is 2.57 bits per heavy atom. The van der Waals surface area contributed by atoms with Gasteiger partial charge in [-0.1, -0.05) is 12.1 Å². The highest BCUT2D eigenvalue weighted by atomic mass is 16.5. The second-order valence-corrected chi connectivity index (χ2v) is 5.81. The van der Waals surface area contributed by atoms with Gasteiger partial charge in [0.1, 0.15) is 5.75 Å². The monoisotopic (exact) mass is 291 g/mol. The molecule has 1 fully saturated rings. The summed E-state index contributed by atoms with van der Waals surface area (Å²) in [5.41, 5.74) is 0.0804. The topological polar surface area (TPSA) is 66.8 Å². The van der Waals surface area contributed by atoms with Crippen molar-refractivity contribution in [3.05, 3.63) is 29.8 Å². The van der Waals surface area contributed by atoms with Gasteiger partial charge in [-0.2, -0.15) is 0 Å². The zero-order chi connectivity index (χ0) is 15.5. The van der Waals surface area contributed by atoms with Crippen LogP contribution >= 0.6 is 0 Å². The maximum absolute atomic E-state index is 12.3. The number of piperidine rings is 1. The van der Waals surface area contributed by atoms with Crippen molar-refractivity contribution < 1.29 is 19.4 Å². The molecule has 1 aliphatic rings. The summed E-state index contributed by atoms with van der Waals surface area (Å²) in [5.74, 6) is -0.0978. The molecule has 5 nitrogen and oxygen atoms in total. The molecular weight excluding hydrogens is 270 g/mol. The Balaban J connectivity index is 2.00. The maximum Gasteiger partial charge on any atom is 0.311 e. The number of methoxy groups -OCH3 is 1. The Morgan fingerprint density at radius 1 is 1.33 bits per heavy atom. The van der Waals surface area contributed by atoms with Crippen LogP contribution in [-0.4, -0.2) is 42.1 Å². The SMILES string of the molecule is COc1ccc(CC(=O)N2CCCC(C)(C(=O)O)C2)cc1. The van der Waals surface area contributed by atoms with Crippen molar-refractivity contribution in [1.29, 1.82) is 0 Å². The van der Waals surface area contributed by atoms with E-state index in [-0.39, 0.29) is 12.5 Å². The van der Waals surface area contributed by atoms with Gasteiger partial charge in [0.25, 0.3) is 0 Å². The Hall–Kier alpha value is -2.04. The van der Waals surface area contributed by atoms with Crippen molar-refractivity contribution >= 4 is 11.9 Å². The van der Waals surface area contributed by atoms with E-state index in [2.05, 4.69) is 0 Å². The molecule has 114 valence electrons. The van der Waals surface area contributed by atoms with E-state index in [4.69, 9.17) is 4.74 Å². The molecule has 1 unspecified atom stereocenters. The van der Waals surface area contributed by atoms with Crippen LogP contribution in [0.15, 0.2) is 24.3 Å². The van der Waals surface area contributed by atoms with E-state index in [1.807, 2.05) is 24.3 Å². The molecule has 1 atom stereocenters. The smallest absolute Gasteiger partial charge is 0.311 e. The minimum absolute atomic E-state index is 0.0210. The summed E-state index contributed by atoms with van der Waals surface area (Å²) in [6.45, 7) is 2.64. The van der Waals surface area contributed by atoms with E-state index in [0.29, 0.717) is 19.4 Å². The molecule has 0 radical (unpaired) electrons. The summed E-state index contributed by atoms with van der Waals surface area (Å²) in [5, 5.41) is 9.29. The first kappa shape index (κ1) is 15.4. The highest BCUT2D eigenvalue weighted by Crippen LogP contribution is 2.30. The largest absolute Gasteiger partial charge is 0.497 e. The van der Waals surface area contributed by atoms with Crippen molar-refractivity contribution in [2.24, 2.45) is 5.41 Å². The zero-order valence-corrected chi connectivity index (χ0v) is 12.5. The fraction of sp³-hybridized carbons (Fsp3) is 0.500. The third-order valence-electron chi connectivity index (χ3n) is 4.08. The van der Waals surface area contributed by atoms with Crippen molar-refractivity contribution in [2.75, 3.05) is 20.2 Å². The van der Waals surface area contributed by atoms with Crippen LogP contribution in [0.1, 0.15) is 25.3 Å². The molecule has 1 saturated heterocycles. The quantitative estimate of drug-likeness (QED) is 0.920. The molecule has 0 aromatic heterocycles. The number of hydrogen-bond acceptors (Lipinski definition) is 3. The lowest BCUT2D eigenvalue weighted by Gasteiger charge is -2.37. The average Bonchev–Trinajstić information content (AvgIpc) is 2.48. The van der Waals surface area contributed by atoms with Crippen LogP contribution in [0.25, 0.3) is 0 Å². The first-order chi connectivity index (χ1) is 9.94. The number of carbonyl (C=O) groups is 2. The number of carboxylic acid groups (broad SMARTS) is 1. The average molecular weight is 291 g/mol. The second-order valence-electron chi connectivity index (χ2n) is 5.81. The first-order valence-electron chi connectivity index (χ1n) is 7.09. The summed E-state index contributed by atoms with van der Waals surface area (Å²) >= 11 is 0. The second kappa shape index (κ2) is 6.16. The molecular formula is C16H21NO4. The highest BCUT2D eigenvalue weighted by molar-refractivity contribution is 5.81. The van der Waals surface area contributed by atoms with Crippen LogP contribution in [0.3, 0.4) is 0 Å². The van der Waals surface area contributed by atoms with Gasteiger partial charge in [0.05, 0.1) is 18.9 Å². The molecule has 0 saturated carbocycles. The number of aliphatic carboxylic acids is 1. The van der Waals surface area contributed by atoms with Gasteiger partial charge in [0, 0.05) is 13.1 Å². The van der Waals surface area contributed by atoms with Gasteiger partial charge in [-0.3, -0.25) is 9.59 Å². The maximum atomic E-state index is 12.3. The van der Waals surface area contributed by atoms with Gasteiger partial charge >= 0.3 is 5.97 Å². The number of rotatable bonds is 4. The lowest BCUT2D eigenvalue weighted by atomic mass is 9.82. The highest BCUT2D eigenvalue weighted by Gasteiger charge is 2.39. The van der Waals surface area contributed by atoms with Gasteiger partial charge in [0.15, 0.2) is 0 Å². The van der Waals surface area contributed by atoms with Gasteiger partial charge in [-0.05, 0) is 37.5 Å². The standard InChI is InChI=1S/C16H21NO4/c1-16(15(19)20)8-3-9-17(11-16)14(18)10-12-4-6-13(21-2)7-5-12/h4-7H,3,8-11H2,1-2H3,(H,19,20). The number of nitrogens with zero attached hydrogens (tertiary/aromatic N) is 1. The number of benzene rings is 1. The van der Waals surface area contributed by atoms with Crippen LogP contribution in [-0.2, 0) is 16.0 Å². The summed E-state index contributed by atoms with van der Waals surface area (Å²) in [6, 6.07) is 7.36. The van der Waals surface area contributed by atoms with Crippen LogP contribution < -0.4 is 4.74 Å². The minimum atomic E-state index is -0.829. The van der Waals surface area contributed by atoms with E-state index >= 15 is 0 Å². The molecule has 1 aromatic carbocycles. The molecule has 1 N–H and O–H groups in total. The number of carbonyl (C=O) groups excluding carboxylic acids is 1. The predicted molar refractivity (Wildman–Crippen MR) is 78.3 cm³/mol. The number of likely N-dealkylation sites (tertiary alicyclic amines) is 1. The molecule has 5 heteroatoms. The van der Waals surface area contributed by atoms with E-state index in [1.54, 1.807) is 18.9 Å². The molecule has 1 amide bonds. The van der Waals surface area contributed by atoms with Crippen molar-refractivity contribution in [3.63, 3.8) is 0 Å². The van der Waals surface area contributed by atoms with Gasteiger partial charge in [-0.25, -0.2) is 0 Å². The van der Waals surface area contributed by atoms with Crippen molar-refractivity contribution in [3.8, 4) is 5.75 Å². The molecule has 0 aliphatic carbocycles. The Bertz CT molecular complexity index is 526. The molecule has 0 bridgehead atoms. The molecule has 0 spiro atoms. The summed E-state index contributed by atoms with van der Waals surface area (Å²) in [4.78, 5) is 25.3. The lowest BCUT2D eigenvalue weighted by Crippen LogP contribution is -2.48. The minimum Gasteiger partial charge on any atom is -0.497 e. The van der Waals surface area contributed by atoms with Crippen molar-refractivity contribution in [2.45, 2.75) is 26.2 Å². The molecule has 21 heavy (non-hydrogen) atoms. The third-order valence-corrected chi connectivity index (χ3v) is 4.08. The van der Waals surface area contributed by atoms with E-state index in [0.717, 1.165) is 17.7 Å². The fourth-order valence-electron chi connectivity index (χ4n) is 2.66. The number of carboxylic acids is 1. The molecule has 1 aromatic rings. The molecule has 1 heterocycles. The first-order valence-corrected chi connectivity index (χ1v) is 7.09. The van der Waals surface area contributed by atoms with Gasteiger partial charge in [-0.15, -0.1) is 0 Å². The Labute approximate surface area is 124 Å². The summed E-state index contributed by atoms with van der Waals surface area (Å²) < 4.78 is 5.08. The van der Waals surface area contributed by atoms with Gasteiger partial charge in [0.2, 0.25) is 5.91 Å². The number of hydrogen-bond donors (Lipinski definition) is 1. The van der Waals surface area contributed by atoms with E-state index in [1.165, 1.54) is 0 Å². The zero-order valence-electron chi connectivity index (χ0n) is 12.5. The van der Waals surface area contributed by atoms with Crippen LogP contribution in [0, 0.1) is 5.41 Å². The summed E-state index contributed by atoms with van der Waals surface area (Å²) in [7, 11) is 1.60. The van der Waals surface area contributed by atoms with Crippen molar-refractivity contribution in [1.82, 2.24) is 4.90 Å². The lowest BCUT2D eigenvalue weighted by molar-refractivity contribution is -0.153. The van der Waals surface area contributed by atoms with E-state index < -0.39 is 11.4 Å². The van der Waals surface area contributed by atoms with Crippen LogP contribution in [0.5, 0.6) is 5.75 Å². The van der Waals surface area contributed by atoms with Gasteiger partial charge < -0.3 is 14.7 Å².